The van der Waals surface area contributed by atoms with Gasteiger partial charge in [0.2, 0.25) is 0 Å². The number of rotatable bonds is 15. The van der Waals surface area contributed by atoms with Crippen molar-refractivity contribution in [1.29, 1.82) is 0 Å². The maximum Gasteiger partial charge on any atom is 0.0831 e. The lowest BCUT2D eigenvalue weighted by molar-refractivity contribution is -0.0362. The van der Waals surface area contributed by atoms with Crippen LogP contribution in [0.5, 0.6) is 0 Å². The van der Waals surface area contributed by atoms with Gasteiger partial charge < -0.3 is 9.47 Å². The standard InChI is InChI=1S/C37H54O2/c1-7-9-15-30(22-26(3)4)38-25-29-24-28-14-11-12-17-32(28)35-21-20-33-34(37(29)35)18-13-19-36(33)39-31(16-10-8-2)23-27(5)6/h11-12,14,17,20-21,24,26-27,30-31,36H,7-10,13,15-16,18-19,22-23,25H2,1-6H3. The molecule has 0 bridgehead atoms. The van der Waals surface area contributed by atoms with Gasteiger partial charge in [-0.05, 0) is 101 Å². The average molecular weight is 531 g/mol. The summed E-state index contributed by atoms with van der Waals surface area (Å²) in [6.07, 6.45) is 13.9. The van der Waals surface area contributed by atoms with Gasteiger partial charge in [-0.2, -0.15) is 0 Å². The Morgan fingerprint density at radius 2 is 1.51 bits per heavy atom. The van der Waals surface area contributed by atoms with E-state index in [-0.39, 0.29) is 6.10 Å². The Bertz CT molecular complexity index is 1180. The molecule has 0 aromatic heterocycles. The van der Waals surface area contributed by atoms with Gasteiger partial charge in [-0.25, -0.2) is 0 Å². The van der Waals surface area contributed by atoms with E-state index in [0.717, 1.165) is 32.1 Å². The molecule has 3 aromatic carbocycles. The van der Waals surface area contributed by atoms with Gasteiger partial charge in [0.25, 0.3) is 0 Å². The molecule has 0 N–H and O–H groups in total. The van der Waals surface area contributed by atoms with Crippen molar-refractivity contribution in [2.75, 3.05) is 0 Å². The molecule has 2 nitrogen and oxygen atoms in total. The SMILES string of the molecule is CCCCC(CC(C)C)OCc1cc2ccccc2c2ccc3c(c12)CCCC3OC(CCCC)CC(C)C. The minimum Gasteiger partial charge on any atom is -0.374 e. The van der Waals surface area contributed by atoms with Gasteiger partial charge in [0.05, 0.1) is 24.9 Å². The fourth-order valence-corrected chi connectivity index (χ4v) is 6.69. The molecular weight excluding hydrogens is 476 g/mol. The van der Waals surface area contributed by atoms with Crippen molar-refractivity contribution in [1.82, 2.24) is 0 Å². The van der Waals surface area contributed by atoms with Gasteiger partial charge in [0, 0.05) is 0 Å². The topological polar surface area (TPSA) is 18.5 Å². The number of unbranched alkanes of at least 4 members (excludes halogenated alkanes) is 2. The molecule has 0 fully saturated rings. The van der Waals surface area contributed by atoms with Crippen molar-refractivity contribution in [3.05, 3.63) is 59.2 Å². The first-order valence-corrected chi connectivity index (χ1v) is 16.1. The minimum absolute atomic E-state index is 0.206. The van der Waals surface area contributed by atoms with Crippen LogP contribution in [0.25, 0.3) is 21.5 Å². The molecule has 39 heavy (non-hydrogen) atoms. The Labute approximate surface area is 238 Å². The van der Waals surface area contributed by atoms with E-state index in [1.807, 2.05) is 0 Å². The molecule has 0 spiro atoms. The predicted molar refractivity (Wildman–Crippen MR) is 169 cm³/mol. The molecule has 0 radical (unpaired) electrons. The molecule has 0 saturated carbocycles. The van der Waals surface area contributed by atoms with Crippen LogP contribution in [0, 0.1) is 11.8 Å². The summed E-state index contributed by atoms with van der Waals surface area (Å²) in [5.74, 6) is 1.31. The zero-order valence-electron chi connectivity index (χ0n) is 25.7. The van der Waals surface area contributed by atoms with Crippen LogP contribution in [0.15, 0.2) is 42.5 Å². The number of aryl methyl sites for hydroxylation is 1. The van der Waals surface area contributed by atoms with Crippen LogP contribution in [-0.2, 0) is 22.5 Å². The summed E-state index contributed by atoms with van der Waals surface area (Å²) < 4.78 is 13.7. The van der Waals surface area contributed by atoms with Crippen molar-refractivity contribution in [3.8, 4) is 0 Å². The van der Waals surface area contributed by atoms with Crippen LogP contribution in [0.4, 0.5) is 0 Å². The van der Waals surface area contributed by atoms with Crippen molar-refractivity contribution < 1.29 is 9.47 Å². The first kappa shape index (κ1) is 30.1. The normalized spacial score (nSPS) is 17.3. The van der Waals surface area contributed by atoms with Gasteiger partial charge in [0.1, 0.15) is 0 Å². The summed E-state index contributed by atoms with van der Waals surface area (Å²) in [5, 5.41) is 5.49. The molecule has 0 aliphatic heterocycles. The Morgan fingerprint density at radius 1 is 0.821 bits per heavy atom. The zero-order chi connectivity index (χ0) is 27.8. The summed E-state index contributed by atoms with van der Waals surface area (Å²) in [7, 11) is 0. The molecule has 0 amide bonds. The third kappa shape index (κ3) is 7.86. The first-order chi connectivity index (χ1) is 18.9. The summed E-state index contributed by atoms with van der Waals surface area (Å²) >= 11 is 0. The highest BCUT2D eigenvalue weighted by molar-refractivity contribution is 6.10. The number of benzene rings is 3. The van der Waals surface area contributed by atoms with Crippen LogP contribution in [-0.4, -0.2) is 12.2 Å². The Morgan fingerprint density at radius 3 is 2.23 bits per heavy atom. The average Bonchev–Trinajstić information content (AvgIpc) is 2.92. The van der Waals surface area contributed by atoms with E-state index in [4.69, 9.17) is 9.47 Å². The first-order valence-electron chi connectivity index (χ1n) is 16.1. The number of ether oxygens (including phenoxy) is 2. The summed E-state index contributed by atoms with van der Waals surface area (Å²) in [4.78, 5) is 0. The second-order valence-corrected chi connectivity index (χ2v) is 12.9. The molecule has 214 valence electrons. The predicted octanol–water partition coefficient (Wildman–Crippen LogP) is 11.1. The molecule has 1 aliphatic carbocycles. The second-order valence-electron chi connectivity index (χ2n) is 12.9. The molecule has 2 heteroatoms. The van der Waals surface area contributed by atoms with E-state index in [1.165, 1.54) is 76.8 Å². The summed E-state index contributed by atoms with van der Waals surface area (Å²) in [6, 6.07) is 16.1. The van der Waals surface area contributed by atoms with Gasteiger partial charge in [-0.3, -0.25) is 0 Å². The smallest absolute Gasteiger partial charge is 0.0831 e. The van der Waals surface area contributed by atoms with E-state index < -0.39 is 0 Å². The van der Waals surface area contributed by atoms with E-state index in [1.54, 1.807) is 0 Å². The molecule has 3 atom stereocenters. The van der Waals surface area contributed by atoms with E-state index in [9.17, 15) is 0 Å². The third-order valence-corrected chi connectivity index (χ3v) is 8.55. The van der Waals surface area contributed by atoms with Crippen molar-refractivity contribution in [3.63, 3.8) is 0 Å². The zero-order valence-corrected chi connectivity index (χ0v) is 25.7. The van der Waals surface area contributed by atoms with Gasteiger partial charge in [0.15, 0.2) is 0 Å². The van der Waals surface area contributed by atoms with E-state index in [0.29, 0.717) is 30.7 Å². The summed E-state index contributed by atoms with van der Waals surface area (Å²) in [6.45, 7) is 14.5. The Kier molecular flexibility index (Phi) is 11.3. The number of fused-ring (bicyclic) bond motifs is 5. The maximum atomic E-state index is 6.96. The highest BCUT2D eigenvalue weighted by atomic mass is 16.5. The number of hydrogen-bond acceptors (Lipinski definition) is 2. The molecule has 1 aliphatic rings. The molecule has 0 saturated heterocycles. The fraction of sp³-hybridized carbons (Fsp3) is 0.622. The van der Waals surface area contributed by atoms with Crippen LogP contribution >= 0.6 is 0 Å². The lowest BCUT2D eigenvalue weighted by Gasteiger charge is -2.32. The van der Waals surface area contributed by atoms with Crippen molar-refractivity contribution in [2.45, 2.75) is 137 Å². The van der Waals surface area contributed by atoms with Crippen molar-refractivity contribution >= 4 is 21.5 Å². The minimum atomic E-state index is 0.206. The lowest BCUT2D eigenvalue weighted by Crippen LogP contribution is -2.22. The summed E-state index contributed by atoms with van der Waals surface area (Å²) in [5.41, 5.74) is 4.30. The molecular formula is C37H54O2. The monoisotopic (exact) mass is 530 g/mol. The largest absolute Gasteiger partial charge is 0.374 e. The van der Waals surface area contributed by atoms with E-state index in [2.05, 4.69) is 84.0 Å². The van der Waals surface area contributed by atoms with E-state index >= 15 is 0 Å². The fourth-order valence-electron chi connectivity index (χ4n) is 6.69. The van der Waals surface area contributed by atoms with Crippen LogP contribution in [0.1, 0.15) is 129 Å². The molecule has 4 rings (SSSR count). The Hall–Kier alpha value is -1.90. The van der Waals surface area contributed by atoms with Crippen LogP contribution in [0.2, 0.25) is 0 Å². The maximum absolute atomic E-state index is 6.96. The molecule has 3 aromatic rings. The van der Waals surface area contributed by atoms with Crippen LogP contribution < -0.4 is 0 Å². The highest BCUT2D eigenvalue weighted by Crippen LogP contribution is 2.42. The second kappa shape index (κ2) is 14.6. The lowest BCUT2D eigenvalue weighted by atomic mass is 9.83. The van der Waals surface area contributed by atoms with Crippen molar-refractivity contribution in [2.24, 2.45) is 11.8 Å². The third-order valence-electron chi connectivity index (χ3n) is 8.55. The highest BCUT2D eigenvalue weighted by Gasteiger charge is 2.27. The molecule has 3 unspecified atom stereocenters. The number of hydrogen-bond donors (Lipinski definition) is 0. The van der Waals surface area contributed by atoms with Crippen LogP contribution in [0.3, 0.4) is 0 Å². The van der Waals surface area contributed by atoms with Gasteiger partial charge in [-0.15, -0.1) is 0 Å². The Balaban J connectivity index is 1.72. The van der Waals surface area contributed by atoms with Gasteiger partial charge in [-0.1, -0.05) is 104 Å². The van der Waals surface area contributed by atoms with Gasteiger partial charge >= 0.3 is 0 Å². The quantitative estimate of drug-likeness (QED) is 0.182. The molecule has 0 heterocycles.